The van der Waals surface area contributed by atoms with Gasteiger partial charge in [-0.15, -0.1) is 0 Å². The van der Waals surface area contributed by atoms with Crippen molar-refractivity contribution in [2.24, 2.45) is 5.92 Å². The van der Waals surface area contributed by atoms with Crippen molar-refractivity contribution in [2.45, 2.75) is 52.5 Å². The largest absolute Gasteiger partial charge is 0.338 e. The van der Waals surface area contributed by atoms with Crippen LogP contribution in [0.3, 0.4) is 0 Å². The van der Waals surface area contributed by atoms with E-state index in [-0.39, 0.29) is 0 Å². The first kappa shape index (κ1) is 20.0. The van der Waals surface area contributed by atoms with Crippen LogP contribution in [0.15, 0.2) is 79.5 Å². The molecule has 1 nitrogen and oxygen atoms in total. The minimum absolute atomic E-state index is 0.376. The van der Waals surface area contributed by atoms with Crippen LogP contribution in [0.4, 0.5) is 0 Å². The number of benzene rings is 2. The number of hydrogen-bond acceptors (Lipinski definition) is 1. The second-order valence-corrected chi connectivity index (χ2v) is 7.18. The molecule has 0 amide bonds. The highest BCUT2D eigenvalue weighted by molar-refractivity contribution is 5.65. The van der Waals surface area contributed by atoms with E-state index in [1.807, 2.05) is 24.3 Å². The van der Waals surface area contributed by atoms with Gasteiger partial charge in [-0.2, -0.15) is 0 Å². The summed E-state index contributed by atoms with van der Waals surface area (Å²) in [6, 6.07) is 21.2. The molecule has 0 bridgehead atoms. The molecule has 0 spiro atoms. The van der Waals surface area contributed by atoms with Crippen LogP contribution in [0, 0.1) is 5.92 Å². The van der Waals surface area contributed by atoms with Gasteiger partial charge in [-0.05, 0) is 17.0 Å². The lowest BCUT2D eigenvalue weighted by Gasteiger charge is -2.46. The van der Waals surface area contributed by atoms with Gasteiger partial charge in [0.25, 0.3) is 0 Å². The van der Waals surface area contributed by atoms with E-state index in [4.69, 9.17) is 0 Å². The van der Waals surface area contributed by atoms with Crippen LogP contribution in [0.2, 0.25) is 0 Å². The van der Waals surface area contributed by atoms with Crippen molar-refractivity contribution in [3.05, 3.63) is 90.6 Å². The van der Waals surface area contributed by atoms with E-state index >= 15 is 0 Å². The average Bonchev–Trinajstić information content (AvgIpc) is 2.68. The number of likely N-dealkylation sites (tertiary alicyclic amines) is 1. The van der Waals surface area contributed by atoms with Crippen molar-refractivity contribution in [2.75, 3.05) is 0 Å². The van der Waals surface area contributed by atoms with Crippen molar-refractivity contribution < 1.29 is 0 Å². The van der Waals surface area contributed by atoms with Crippen LogP contribution in [0.25, 0.3) is 5.70 Å². The highest BCUT2D eigenvalue weighted by Crippen LogP contribution is 2.45. The van der Waals surface area contributed by atoms with Crippen molar-refractivity contribution >= 4 is 5.70 Å². The molecule has 0 radical (unpaired) electrons. The van der Waals surface area contributed by atoms with Gasteiger partial charge in [0.1, 0.15) is 0 Å². The predicted molar refractivity (Wildman–Crippen MR) is 115 cm³/mol. The quantitative estimate of drug-likeness (QED) is 0.524. The minimum Gasteiger partial charge on any atom is -0.338 e. The molecular weight excluding hydrogens is 314 g/mol. The van der Waals surface area contributed by atoms with E-state index in [9.17, 15) is 0 Å². The van der Waals surface area contributed by atoms with Gasteiger partial charge >= 0.3 is 0 Å². The Morgan fingerprint density at radius 1 is 1.04 bits per heavy atom. The van der Waals surface area contributed by atoms with Gasteiger partial charge < -0.3 is 4.90 Å². The first-order chi connectivity index (χ1) is 12.6. The molecule has 0 aliphatic carbocycles. The van der Waals surface area contributed by atoms with E-state index in [1.165, 1.54) is 24.8 Å². The summed E-state index contributed by atoms with van der Waals surface area (Å²) >= 11 is 0. The summed E-state index contributed by atoms with van der Waals surface area (Å²) in [5, 5.41) is 0. The molecule has 0 saturated carbocycles. The first-order valence-electron chi connectivity index (χ1n) is 9.84. The Bertz CT molecular complexity index is 687. The fraction of sp³-hybridized carbons (Fsp3) is 0.360. The van der Waals surface area contributed by atoms with Crippen molar-refractivity contribution in [1.82, 2.24) is 4.90 Å². The van der Waals surface area contributed by atoms with Gasteiger partial charge in [0, 0.05) is 17.8 Å². The maximum atomic E-state index is 4.24. The topological polar surface area (TPSA) is 3.24 Å². The zero-order valence-electron chi connectivity index (χ0n) is 16.6. The van der Waals surface area contributed by atoms with Crippen LogP contribution in [0.5, 0.6) is 0 Å². The molecule has 2 atom stereocenters. The maximum absolute atomic E-state index is 4.24. The van der Waals surface area contributed by atoms with Gasteiger partial charge in [0.2, 0.25) is 0 Å². The summed E-state index contributed by atoms with van der Waals surface area (Å²) < 4.78 is 0. The fourth-order valence-electron chi connectivity index (χ4n) is 3.31. The second-order valence-electron chi connectivity index (χ2n) is 7.18. The molecule has 0 aromatic heterocycles. The molecule has 0 N–H and O–H groups in total. The third-order valence-corrected chi connectivity index (χ3v) is 5.14. The zero-order chi connectivity index (χ0) is 18.9. The molecule has 2 aromatic carbocycles. The summed E-state index contributed by atoms with van der Waals surface area (Å²) in [4.78, 5) is 2.24. The molecule has 2 aromatic rings. The van der Waals surface area contributed by atoms with Gasteiger partial charge in [0.05, 0.1) is 6.04 Å². The Kier molecular flexibility index (Phi) is 7.72. The highest BCUT2D eigenvalue weighted by atomic mass is 15.2. The fourth-order valence-corrected chi connectivity index (χ4v) is 3.31. The molecule has 3 rings (SSSR count). The number of hydrogen-bond donors (Lipinski definition) is 0. The standard InChI is InChI=1S/C18H17N.C7H16/c1-14-13-18(17-11-7-4-8-12-17)19(14)15(2)16-9-5-3-6-10-16;1-4-6-7(3)5-2/h3-12,18H,1-2,13H2;7H,4-6H2,1-3H3. The molecular formula is C25H33N. The molecule has 2 unspecified atom stereocenters. The Labute approximate surface area is 160 Å². The summed E-state index contributed by atoms with van der Waals surface area (Å²) in [6.07, 6.45) is 5.09. The van der Waals surface area contributed by atoms with E-state index < -0.39 is 0 Å². The van der Waals surface area contributed by atoms with Gasteiger partial charge in [-0.1, -0.05) is 114 Å². The smallest absolute Gasteiger partial charge is 0.0642 e. The normalized spacial score (nSPS) is 17.0. The lowest BCUT2D eigenvalue weighted by atomic mass is 9.90. The Morgan fingerprint density at radius 2 is 1.62 bits per heavy atom. The van der Waals surface area contributed by atoms with Crippen LogP contribution in [-0.2, 0) is 0 Å². The van der Waals surface area contributed by atoms with E-state index in [0.717, 1.165) is 29.3 Å². The molecule has 1 aliphatic rings. The van der Waals surface area contributed by atoms with Crippen molar-refractivity contribution in [1.29, 1.82) is 0 Å². The lowest BCUT2D eigenvalue weighted by Crippen LogP contribution is -2.36. The number of rotatable bonds is 6. The van der Waals surface area contributed by atoms with Gasteiger partial charge in [-0.3, -0.25) is 0 Å². The third kappa shape index (κ3) is 5.11. The Morgan fingerprint density at radius 3 is 2.08 bits per heavy atom. The molecule has 1 aliphatic heterocycles. The highest BCUT2D eigenvalue weighted by Gasteiger charge is 2.34. The summed E-state index contributed by atoms with van der Waals surface area (Å²) in [5.41, 5.74) is 4.66. The van der Waals surface area contributed by atoms with E-state index in [0.29, 0.717) is 6.04 Å². The lowest BCUT2D eigenvalue weighted by molar-refractivity contribution is 0.250. The monoisotopic (exact) mass is 347 g/mol. The van der Waals surface area contributed by atoms with E-state index in [2.05, 4.69) is 75.2 Å². The van der Waals surface area contributed by atoms with Crippen LogP contribution >= 0.6 is 0 Å². The Hall–Kier alpha value is -2.28. The minimum atomic E-state index is 0.376. The maximum Gasteiger partial charge on any atom is 0.0642 e. The zero-order valence-corrected chi connectivity index (χ0v) is 16.6. The predicted octanol–water partition coefficient (Wildman–Crippen LogP) is 7.45. The summed E-state index contributed by atoms with van der Waals surface area (Å²) in [6.45, 7) is 15.2. The molecule has 138 valence electrons. The molecule has 1 heterocycles. The van der Waals surface area contributed by atoms with Gasteiger partial charge in [0.15, 0.2) is 0 Å². The average molecular weight is 348 g/mol. The summed E-state index contributed by atoms with van der Waals surface area (Å²) in [5.74, 6) is 0.949. The van der Waals surface area contributed by atoms with Crippen LogP contribution < -0.4 is 0 Å². The molecule has 26 heavy (non-hydrogen) atoms. The number of nitrogens with zero attached hydrogens (tertiary/aromatic N) is 1. The third-order valence-electron chi connectivity index (χ3n) is 5.14. The second kappa shape index (κ2) is 10.0. The van der Waals surface area contributed by atoms with E-state index in [1.54, 1.807) is 0 Å². The Balaban J connectivity index is 0.000000298. The van der Waals surface area contributed by atoms with Crippen molar-refractivity contribution in [3.8, 4) is 0 Å². The molecule has 1 heteroatoms. The van der Waals surface area contributed by atoms with Crippen LogP contribution in [0.1, 0.15) is 63.6 Å². The van der Waals surface area contributed by atoms with Gasteiger partial charge in [-0.25, -0.2) is 0 Å². The molecule has 1 fully saturated rings. The first-order valence-corrected chi connectivity index (χ1v) is 9.84. The summed E-state index contributed by atoms with van der Waals surface area (Å²) in [7, 11) is 0. The SMILES string of the molecule is C=C1CC(c2ccccc2)N1C(=C)c1ccccc1.CCCC(C)CC. The van der Waals surface area contributed by atoms with Crippen LogP contribution in [-0.4, -0.2) is 4.90 Å². The van der Waals surface area contributed by atoms with Crippen molar-refractivity contribution in [3.63, 3.8) is 0 Å². The molecule has 1 saturated heterocycles.